The molecule has 1 N–H and O–H groups in total. The zero-order chi connectivity index (χ0) is 21.0. The van der Waals surface area contributed by atoms with Crippen LogP contribution < -0.4 is 10.2 Å². The number of rotatable bonds is 5. The summed E-state index contributed by atoms with van der Waals surface area (Å²) < 4.78 is 27.0. The van der Waals surface area contributed by atoms with E-state index in [1.165, 1.54) is 29.3 Å². The summed E-state index contributed by atoms with van der Waals surface area (Å²) >= 11 is 0. The number of nitrogens with zero attached hydrogens (tertiary/aromatic N) is 2. The smallest absolute Gasteiger partial charge is 0.243 e. The van der Waals surface area contributed by atoms with Crippen LogP contribution in [0.3, 0.4) is 0 Å². The molecule has 0 radical (unpaired) electrons. The third-order valence-corrected chi connectivity index (χ3v) is 7.97. The van der Waals surface area contributed by atoms with Crippen LogP contribution in [0.15, 0.2) is 59.5 Å². The van der Waals surface area contributed by atoms with Crippen LogP contribution in [0.5, 0.6) is 0 Å². The van der Waals surface area contributed by atoms with Gasteiger partial charge in [-0.2, -0.15) is 4.31 Å². The number of amides is 1. The van der Waals surface area contributed by atoms with E-state index in [0.717, 1.165) is 18.8 Å². The molecule has 0 aromatic heterocycles. The van der Waals surface area contributed by atoms with Gasteiger partial charge in [0.2, 0.25) is 15.9 Å². The van der Waals surface area contributed by atoms with Crippen LogP contribution in [0.25, 0.3) is 0 Å². The van der Waals surface area contributed by atoms with Crippen molar-refractivity contribution < 1.29 is 13.2 Å². The van der Waals surface area contributed by atoms with Crippen molar-refractivity contribution in [3.63, 3.8) is 0 Å². The molecule has 2 fully saturated rings. The lowest BCUT2D eigenvalue weighted by Crippen LogP contribution is -2.41. The minimum atomic E-state index is -3.49. The van der Waals surface area contributed by atoms with Gasteiger partial charge in [0.25, 0.3) is 0 Å². The van der Waals surface area contributed by atoms with Gasteiger partial charge in [0.05, 0.1) is 4.90 Å². The largest absolute Gasteiger partial charge is 0.372 e. The zero-order valence-electron chi connectivity index (χ0n) is 17.2. The SMILES string of the molecule is O=C(Nc1ccc(N2CCCCC2)cc1)C1CCN(S(=O)(=O)c2ccccc2)CC1. The van der Waals surface area contributed by atoms with Crippen LogP contribution in [0.2, 0.25) is 0 Å². The van der Waals surface area contributed by atoms with E-state index in [0.29, 0.717) is 30.8 Å². The van der Waals surface area contributed by atoms with Crippen molar-refractivity contribution in [2.24, 2.45) is 5.92 Å². The summed E-state index contributed by atoms with van der Waals surface area (Å²) in [6.07, 6.45) is 4.83. The molecular weight excluding hydrogens is 398 g/mol. The molecule has 2 aliphatic heterocycles. The lowest BCUT2D eigenvalue weighted by atomic mass is 9.97. The summed E-state index contributed by atoms with van der Waals surface area (Å²) in [5.41, 5.74) is 1.99. The van der Waals surface area contributed by atoms with Gasteiger partial charge < -0.3 is 10.2 Å². The molecule has 2 saturated heterocycles. The quantitative estimate of drug-likeness (QED) is 0.790. The number of nitrogens with one attached hydrogen (secondary N) is 1. The predicted molar refractivity (Wildman–Crippen MR) is 119 cm³/mol. The van der Waals surface area contributed by atoms with Gasteiger partial charge in [-0.25, -0.2) is 8.42 Å². The maximum atomic E-state index is 12.7. The summed E-state index contributed by atoms with van der Waals surface area (Å²) in [6.45, 7) is 2.92. The third-order valence-electron chi connectivity index (χ3n) is 6.06. The van der Waals surface area contributed by atoms with Crippen molar-refractivity contribution in [3.05, 3.63) is 54.6 Å². The second kappa shape index (κ2) is 9.18. The van der Waals surface area contributed by atoms with Crippen LogP contribution in [0.4, 0.5) is 11.4 Å². The Labute approximate surface area is 178 Å². The molecule has 0 unspecified atom stereocenters. The van der Waals surface area contributed by atoms with Crippen LogP contribution in [0, 0.1) is 5.92 Å². The van der Waals surface area contributed by atoms with Gasteiger partial charge in [-0.1, -0.05) is 18.2 Å². The topological polar surface area (TPSA) is 69.7 Å². The second-order valence-corrected chi connectivity index (χ2v) is 10.0. The summed E-state index contributed by atoms with van der Waals surface area (Å²) in [5, 5.41) is 3.00. The molecule has 1 amide bonds. The second-order valence-electron chi connectivity index (χ2n) is 8.08. The summed E-state index contributed by atoms with van der Waals surface area (Å²) in [4.78, 5) is 15.4. The van der Waals surface area contributed by atoms with Crippen LogP contribution in [-0.2, 0) is 14.8 Å². The average Bonchev–Trinajstić information content (AvgIpc) is 2.81. The number of piperidine rings is 2. The zero-order valence-corrected chi connectivity index (χ0v) is 18.0. The molecule has 7 heteroatoms. The molecule has 2 aromatic rings. The minimum absolute atomic E-state index is 0.0301. The summed E-state index contributed by atoms with van der Waals surface area (Å²) in [5.74, 6) is -0.202. The Bertz CT molecular complexity index is 947. The highest BCUT2D eigenvalue weighted by Crippen LogP contribution is 2.26. The number of carbonyl (C=O) groups is 1. The van der Waals surface area contributed by atoms with Crippen LogP contribution >= 0.6 is 0 Å². The molecule has 2 aliphatic rings. The summed E-state index contributed by atoms with van der Waals surface area (Å²) in [7, 11) is -3.49. The Morgan fingerprint density at radius 2 is 1.47 bits per heavy atom. The van der Waals surface area contributed by atoms with Crippen molar-refractivity contribution in [2.75, 3.05) is 36.4 Å². The molecule has 160 valence electrons. The van der Waals surface area contributed by atoms with E-state index in [1.807, 2.05) is 12.1 Å². The normalized spacial score (nSPS) is 18.9. The number of hydrogen-bond donors (Lipinski definition) is 1. The van der Waals surface area contributed by atoms with Crippen LogP contribution in [0.1, 0.15) is 32.1 Å². The Kier molecular flexibility index (Phi) is 6.39. The maximum Gasteiger partial charge on any atom is 0.243 e. The van der Waals surface area contributed by atoms with Crippen molar-refractivity contribution in [3.8, 4) is 0 Å². The molecule has 0 spiro atoms. The Balaban J connectivity index is 1.31. The fraction of sp³-hybridized carbons (Fsp3) is 0.435. The highest BCUT2D eigenvalue weighted by molar-refractivity contribution is 7.89. The van der Waals surface area contributed by atoms with E-state index < -0.39 is 10.0 Å². The maximum absolute atomic E-state index is 12.7. The summed E-state index contributed by atoms with van der Waals surface area (Å²) in [6, 6.07) is 16.5. The van der Waals surface area contributed by atoms with Gasteiger partial charge >= 0.3 is 0 Å². The van der Waals surface area contributed by atoms with E-state index >= 15 is 0 Å². The van der Waals surface area contributed by atoms with Gasteiger partial charge in [-0.05, 0) is 68.5 Å². The highest BCUT2D eigenvalue weighted by atomic mass is 32.2. The Morgan fingerprint density at radius 3 is 2.10 bits per heavy atom. The fourth-order valence-electron chi connectivity index (χ4n) is 4.25. The number of sulfonamides is 1. The first-order chi connectivity index (χ1) is 14.5. The number of hydrogen-bond acceptors (Lipinski definition) is 4. The Morgan fingerprint density at radius 1 is 0.833 bits per heavy atom. The first-order valence-corrected chi connectivity index (χ1v) is 12.2. The van der Waals surface area contributed by atoms with E-state index in [1.54, 1.807) is 30.3 Å². The van der Waals surface area contributed by atoms with E-state index in [4.69, 9.17) is 0 Å². The van der Waals surface area contributed by atoms with Gasteiger partial charge in [-0.15, -0.1) is 0 Å². The van der Waals surface area contributed by atoms with Crippen molar-refractivity contribution in [1.82, 2.24) is 4.31 Å². The van der Waals surface area contributed by atoms with Gasteiger partial charge in [0.1, 0.15) is 0 Å². The van der Waals surface area contributed by atoms with Gasteiger partial charge in [0, 0.05) is 43.5 Å². The number of carbonyl (C=O) groups excluding carboxylic acids is 1. The first kappa shape index (κ1) is 20.9. The fourth-order valence-corrected chi connectivity index (χ4v) is 5.74. The molecule has 2 heterocycles. The van der Waals surface area contributed by atoms with Crippen LogP contribution in [-0.4, -0.2) is 44.8 Å². The molecule has 0 saturated carbocycles. The highest BCUT2D eigenvalue weighted by Gasteiger charge is 2.32. The van der Waals surface area contributed by atoms with Crippen molar-refractivity contribution in [2.45, 2.75) is 37.0 Å². The molecule has 4 rings (SSSR count). The molecular formula is C23H29N3O3S. The molecule has 0 aliphatic carbocycles. The molecule has 0 bridgehead atoms. The average molecular weight is 428 g/mol. The van der Waals surface area contributed by atoms with E-state index in [2.05, 4.69) is 22.3 Å². The van der Waals surface area contributed by atoms with E-state index in [9.17, 15) is 13.2 Å². The van der Waals surface area contributed by atoms with Crippen molar-refractivity contribution in [1.29, 1.82) is 0 Å². The lowest BCUT2D eigenvalue weighted by Gasteiger charge is -2.30. The molecule has 6 nitrogen and oxygen atoms in total. The van der Waals surface area contributed by atoms with Crippen molar-refractivity contribution >= 4 is 27.3 Å². The third kappa shape index (κ3) is 4.68. The standard InChI is InChI=1S/C23H29N3O3S/c27-23(24-20-9-11-21(12-10-20)25-15-5-2-6-16-25)19-13-17-26(18-14-19)30(28,29)22-7-3-1-4-8-22/h1,3-4,7-12,19H,2,5-6,13-18H2,(H,24,27). The predicted octanol–water partition coefficient (Wildman–Crippen LogP) is 3.72. The van der Waals surface area contributed by atoms with E-state index in [-0.39, 0.29) is 11.8 Å². The first-order valence-electron chi connectivity index (χ1n) is 10.7. The number of anilines is 2. The monoisotopic (exact) mass is 427 g/mol. The van der Waals surface area contributed by atoms with Gasteiger partial charge in [0.15, 0.2) is 0 Å². The minimum Gasteiger partial charge on any atom is -0.372 e. The molecule has 2 aromatic carbocycles. The number of benzene rings is 2. The molecule has 0 atom stereocenters. The Hall–Kier alpha value is -2.38. The lowest BCUT2D eigenvalue weighted by molar-refractivity contribution is -0.120. The van der Waals surface area contributed by atoms with Gasteiger partial charge in [-0.3, -0.25) is 4.79 Å². The molecule has 30 heavy (non-hydrogen) atoms.